The molecule has 1 aromatic rings. The summed E-state index contributed by atoms with van der Waals surface area (Å²) in [5, 5.41) is 8.73. The molecule has 1 heterocycles. The van der Waals surface area contributed by atoms with Crippen LogP contribution in [0.1, 0.15) is 30.2 Å². The van der Waals surface area contributed by atoms with Gasteiger partial charge in [-0.3, -0.25) is 4.79 Å². The van der Waals surface area contributed by atoms with Crippen molar-refractivity contribution in [3.63, 3.8) is 0 Å². The highest BCUT2D eigenvalue weighted by molar-refractivity contribution is 7.98. The van der Waals surface area contributed by atoms with Crippen LogP contribution in [0.15, 0.2) is 10.9 Å². The average Bonchev–Trinajstić information content (AvgIpc) is 2.16. The summed E-state index contributed by atoms with van der Waals surface area (Å²) < 4.78 is 0. The first-order chi connectivity index (χ1) is 7.49. The Morgan fingerprint density at radius 2 is 2.31 bits per heavy atom. The fourth-order valence-corrected chi connectivity index (χ4v) is 2.00. The Balaban J connectivity index is 2.73. The highest BCUT2D eigenvalue weighted by Crippen LogP contribution is 2.11. The third kappa shape index (κ3) is 4.06. The van der Waals surface area contributed by atoms with Crippen LogP contribution in [0.4, 0.5) is 0 Å². The van der Waals surface area contributed by atoms with Gasteiger partial charge in [-0.1, -0.05) is 13.8 Å². The maximum atomic E-state index is 11.1. The van der Waals surface area contributed by atoms with Crippen molar-refractivity contribution >= 4 is 17.7 Å². The van der Waals surface area contributed by atoms with E-state index in [2.05, 4.69) is 23.8 Å². The van der Waals surface area contributed by atoms with Gasteiger partial charge < -0.3 is 10.1 Å². The monoisotopic (exact) mass is 242 g/mol. The average molecular weight is 242 g/mol. The van der Waals surface area contributed by atoms with E-state index in [4.69, 9.17) is 5.11 Å². The van der Waals surface area contributed by atoms with Crippen LogP contribution in [0.25, 0.3) is 0 Å². The number of aromatic nitrogens is 2. The molecule has 0 spiro atoms. The lowest BCUT2D eigenvalue weighted by Crippen LogP contribution is -2.15. The number of nitrogens with zero attached hydrogens (tertiary/aromatic N) is 1. The SMILES string of the molecule is CC(C)CSCc1nc(C(=O)O)cc(=O)[nH]1. The summed E-state index contributed by atoms with van der Waals surface area (Å²) >= 11 is 1.62. The van der Waals surface area contributed by atoms with Crippen LogP contribution in [0.2, 0.25) is 0 Å². The van der Waals surface area contributed by atoms with Gasteiger partial charge in [-0.2, -0.15) is 11.8 Å². The van der Waals surface area contributed by atoms with Crippen molar-refractivity contribution in [1.82, 2.24) is 9.97 Å². The number of hydrogen-bond acceptors (Lipinski definition) is 4. The standard InChI is InChI=1S/C10H14N2O3S/c1-6(2)4-16-5-8-11-7(10(14)15)3-9(13)12-8/h3,6H,4-5H2,1-2H3,(H,14,15)(H,11,12,13). The van der Waals surface area contributed by atoms with Gasteiger partial charge in [0.2, 0.25) is 0 Å². The number of carboxylic acid groups (broad SMARTS) is 1. The van der Waals surface area contributed by atoms with Crippen molar-refractivity contribution < 1.29 is 9.90 Å². The lowest BCUT2D eigenvalue weighted by molar-refractivity contribution is 0.0689. The van der Waals surface area contributed by atoms with E-state index in [-0.39, 0.29) is 5.69 Å². The molecule has 1 rings (SSSR count). The van der Waals surface area contributed by atoms with Crippen LogP contribution in [-0.4, -0.2) is 26.8 Å². The number of rotatable bonds is 5. The molecule has 2 N–H and O–H groups in total. The highest BCUT2D eigenvalue weighted by atomic mass is 32.2. The van der Waals surface area contributed by atoms with Crippen molar-refractivity contribution in [2.24, 2.45) is 5.92 Å². The minimum Gasteiger partial charge on any atom is -0.477 e. The van der Waals surface area contributed by atoms with Crippen molar-refractivity contribution in [1.29, 1.82) is 0 Å². The van der Waals surface area contributed by atoms with Gasteiger partial charge in [0.1, 0.15) is 5.82 Å². The van der Waals surface area contributed by atoms with Gasteiger partial charge in [0, 0.05) is 6.07 Å². The van der Waals surface area contributed by atoms with E-state index < -0.39 is 11.5 Å². The molecular formula is C10H14N2O3S. The van der Waals surface area contributed by atoms with Crippen LogP contribution in [0.5, 0.6) is 0 Å². The molecule has 0 saturated heterocycles. The van der Waals surface area contributed by atoms with Gasteiger partial charge in [-0.25, -0.2) is 9.78 Å². The summed E-state index contributed by atoms with van der Waals surface area (Å²) in [6, 6.07) is 0.985. The number of aromatic carboxylic acids is 1. The van der Waals surface area contributed by atoms with Crippen molar-refractivity contribution in [2.45, 2.75) is 19.6 Å². The molecule has 6 heteroatoms. The van der Waals surface area contributed by atoms with E-state index in [1.807, 2.05) is 0 Å². The summed E-state index contributed by atoms with van der Waals surface area (Å²) in [5.74, 6) is 1.26. The molecule has 0 amide bonds. The van der Waals surface area contributed by atoms with E-state index in [9.17, 15) is 9.59 Å². The van der Waals surface area contributed by atoms with Crippen LogP contribution in [-0.2, 0) is 5.75 Å². The summed E-state index contributed by atoms with van der Waals surface area (Å²) in [4.78, 5) is 28.2. The molecule has 0 unspecified atom stereocenters. The summed E-state index contributed by atoms with van der Waals surface area (Å²) in [7, 11) is 0. The predicted molar refractivity (Wildman–Crippen MR) is 62.8 cm³/mol. The number of aromatic amines is 1. The van der Waals surface area contributed by atoms with Gasteiger partial charge in [-0.05, 0) is 11.7 Å². The molecule has 88 valence electrons. The molecule has 1 aromatic heterocycles. The lowest BCUT2D eigenvalue weighted by atomic mass is 10.3. The Hall–Kier alpha value is -1.30. The maximum Gasteiger partial charge on any atom is 0.354 e. The number of carboxylic acids is 1. The van der Waals surface area contributed by atoms with Crippen LogP contribution in [0, 0.1) is 5.92 Å². The molecule has 5 nitrogen and oxygen atoms in total. The Bertz CT molecular complexity index is 428. The molecule has 0 aliphatic heterocycles. The zero-order chi connectivity index (χ0) is 12.1. The Morgan fingerprint density at radius 3 is 2.88 bits per heavy atom. The van der Waals surface area contributed by atoms with Gasteiger partial charge >= 0.3 is 5.97 Å². The molecule has 0 atom stereocenters. The van der Waals surface area contributed by atoms with E-state index in [0.717, 1.165) is 11.8 Å². The van der Waals surface area contributed by atoms with E-state index >= 15 is 0 Å². The normalized spacial score (nSPS) is 10.7. The number of nitrogens with one attached hydrogen (secondary N) is 1. The van der Waals surface area contributed by atoms with E-state index in [0.29, 0.717) is 17.5 Å². The molecule has 16 heavy (non-hydrogen) atoms. The minimum atomic E-state index is -1.18. The largest absolute Gasteiger partial charge is 0.477 e. The van der Waals surface area contributed by atoms with Gasteiger partial charge in [-0.15, -0.1) is 0 Å². The molecular weight excluding hydrogens is 228 g/mol. The molecule has 0 saturated carbocycles. The Kier molecular flexibility index (Phi) is 4.54. The Labute approximate surface area is 97.3 Å². The van der Waals surface area contributed by atoms with Gasteiger partial charge in [0.25, 0.3) is 5.56 Å². The van der Waals surface area contributed by atoms with Crippen LogP contribution in [0.3, 0.4) is 0 Å². The predicted octanol–water partition coefficient (Wildman–Crippen LogP) is 1.36. The number of H-pyrrole nitrogens is 1. The smallest absolute Gasteiger partial charge is 0.354 e. The topological polar surface area (TPSA) is 83.0 Å². The molecule has 0 bridgehead atoms. The van der Waals surface area contributed by atoms with Crippen molar-refractivity contribution in [3.05, 3.63) is 27.9 Å². The maximum absolute atomic E-state index is 11.1. The first-order valence-electron chi connectivity index (χ1n) is 4.90. The van der Waals surface area contributed by atoms with Crippen LogP contribution >= 0.6 is 11.8 Å². The fourth-order valence-electron chi connectivity index (χ4n) is 1.08. The van der Waals surface area contributed by atoms with Crippen LogP contribution < -0.4 is 5.56 Å². The molecule has 0 aromatic carbocycles. The van der Waals surface area contributed by atoms with E-state index in [1.54, 1.807) is 11.8 Å². The zero-order valence-corrected chi connectivity index (χ0v) is 10.0. The number of thioether (sulfide) groups is 1. The van der Waals surface area contributed by atoms with Crippen molar-refractivity contribution in [2.75, 3.05) is 5.75 Å². The molecule has 0 aliphatic carbocycles. The lowest BCUT2D eigenvalue weighted by Gasteiger charge is -2.04. The second kappa shape index (κ2) is 5.69. The molecule has 0 fully saturated rings. The van der Waals surface area contributed by atoms with Gasteiger partial charge in [0.15, 0.2) is 5.69 Å². The van der Waals surface area contributed by atoms with E-state index in [1.165, 1.54) is 0 Å². The Morgan fingerprint density at radius 1 is 1.62 bits per heavy atom. The first-order valence-corrected chi connectivity index (χ1v) is 6.05. The number of carbonyl (C=O) groups is 1. The fraction of sp³-hybridized carbons (Fsp3) is 0.500. The third-order valence-corrected chi connectivity index (χ3v) is 3.08. The third-order valence-electron chi connectivity index (χ3n) is 1.70. The molecule has 0 radical (unpaired) electrons. The first kappa shape index (κ1) is 12.8. The van der Waals surface area contributed by atoms with Gasteiger partial charge in [0.05, 0.1) is 5.75 Å². The van der Waals surface area contributed by atoms with Crippen molar-refractivity contribution in [3.8, 4) is 0 Å². The second-order valence-corrected chi connectivity index (χ2v) is 4.82. The summed E-state index contributed by atoms with van der Waals surface area (Å²) in [6.07, 6.45) is 0. The number of hydrogen-bond donors (Lipinski definition) is 2. The second-order valence-electron chi connectivity index (χ2n) is 3.79. The highest BCUT2D eigenvalue weighted by Gasteiger charge is 2.08. The zero-order valence-electron chi connectivity index (χ0n) is 9.19. The molecule has 0 aliphatic rings. The minimum absolute atomic E-state index is 0.205. The quantitative estimate of drug-likeness (QED) is 0.814. The summed E-state index contributed by atoms with van der Waals surface area (Å²) in [6.45, 7) is 4.19. The summed E-state index contributed by atoms with van der Waals surface area (Å²) in [5.41, 5.74) is -0.628.